The number of morpholine rings is 1. The summed E-state index contributed by atoms with van der Waals surface area (Å²) in [7, 11) is -3.69. The van der Waals surface area contributed by atoms with Gasteiger partial charge in [0.15, 0.2) is 0 Å². The summed E-state index contributed by atoms with van der Waals surface area (Å²) in [6, 6.07) is 5.48. The molecule has 0 aliphatic carbocycles. The van der Waals surface area contributed by atoms with E-state index < -0.39 is 45.8 Å². The Morgan fingerprint density at radius 3 is 2.45 bits per heavy atom. The van der Waals surface area contributed by atoms with E-state index in [9.17, 15) is 27.2 Å². The monoisotopic (exact) mass is 482 g/mol. The van der Waals surface area contributed by atoms with Crippen molar-refractivity contribution in [3.05, 3.63) is 57.1 Å². The van der Waals surface area contributed by atoms with E-state index in [1.165, 1.54) is 28.6 Å². The number of ether oxygens (including phenoxy) is 2. The molecule has 0 unspecified atom stereocenters. The van der Waals surface area contributed by atoms with E-state index >= 15 is 0 Å². The largest absolute Gasteiger partial charge is 0.379 e. The van der Waals surface area contributed by atoms with Crippen molar-refractivity contribution in [1.82, 2.24) is 13.4 Å². The molecule has 11 nitrogen and oxygen atoms in total. The third kappa shape index (κ3) is 4.90. The Bertz CT molecular complexity index is 1240. The van der Waals surface area contributed by atoms with E-state index in [1.54, 1.807) is 0 Å². The first-order chi connectivity index (χ1) is 15.8. The molecular weight excluding hydrogens is 459 g/mol. The number of carbonyl (C=O) groups is 1. The molecule has 0 saturated carbocycles. The molecule has 2 aliphatic heterocycles. The number of carbonyl (C=O) groups excluding carboxylic acids is 1. The average Bonchev–Trinajstić information content (AvgIpc) is 3.35. The van der Waals surface area contributed by atoms with Crippen LogP contribution in [0, 0.1) is 5.82 Å². The number of nitrogens with one attached hydrogen (secondary N) is 1. The van der Waals surface area contributed by atoms with E-state index in [0.717, 1.165) is 10.8 Å². The van der Waals surface area contributed by atoms with Crippen LogP contribution in [0.1, 0.15) is 19.1 Å². The van der Waals surface area contributed by atoms with E-state index in [4.69, 9.17) is 9.47 Å². The SMILES string of the molecule is O=C(Cn1c(=O)c(F)cn([C@H]2CCCO2)c1=O)Nc1ccc(S(=O)(=O)N2CCOCC2)cc1. The second kappa shape index (κ2) is 9.55. The molecule has 2 aliphatic rings. The highest BCUT2D eigenvalue weighted by molar-refractivity contribution is 7.89. The van der Waals surface area contributed by atoms with Crippen LogP contribution in [0.15, 0.2) is 44.9 Å². The summed E-state index contributed by atoms with van der Waals surface area (Å²) >= 11 is 0. The Hall–Kier alpha value is -2.87. The van der Waals surface area contributed by atoms with Gasteiger partial charge < -0.3 is 14.8 Å². The Balaban J connectivity index is 1.48. The van der Waals surface area contributed by atoms with Crippen molar-refractivity contribution in [2.75, 3.05) is 38.2 Å². The predicted molar refractivity (Wildman–Crippen MR) is 114 cm³/mol. The van der Waals surface area contributed by atoms with Gasteiger partial charge in [0, 0.05) is 25.4 Å². The highest BCUT2D eigenvalue weighted by Crippen LogP contribution is 2.21. The lowest BCUT2D eigenvalue weighted by Crippen LogP contribution is -2.44. The summed E-state index contributed by atoms with van der Waals surface area (Å²) in [4.78, 5) is 37.3. The van der Waals surface area contributed by atoms with Crippen LogP contribution in [-0.4, -0.2) is 60.7 Å². The van der Waals surface area contributed by atoms with Gasteiger partial charge in [-0.2, -0.15) is 8.70 Å². The topological polar surface area (TPSA) is 129 Å². The number of rotatable bonds is 6. The third-order valence-corrected chi connectivity index (χ3v) is 7.33. The molecule has 1 atom stereocenters. The van der Waals surface area contributed by atoms with Gasteiger partial charge in [0.2, 0.25) is 21.7 Å². The average molecular weight is 482 g/mol. The molecule has 13 heteroatoms. The lowest BCUT2D eigenvalue weighted by Gasteiger charge is -2.26. The van der Waals surface area contributed by atoms with Gasteiger partial charge in [-0.1, -0.05) is 0 Å². The van der Waals surface area contributed by atoms with Crippen molar-refractivity contribution in [3.63, 3.8) is 0 Å². The fraction of sp³-hybridized carbons (Fsp3) is 0.450. The molecule has 0 bridgehead atoms. The van der Waals surface area contributed by atoms with Crippen LogP contribution in [0.4, 0.5) is 10.1 Å². The Labute approximate surface area is 188 Å². The van der Waals surface area contributed by atoms with Crippen molar-refractivity contribution in [2.45, 2.75) is 30.5 Å². The molecule has 33 heavy (non-hydrogen) atoms. The molecule has 1 aromatic carbocycles. The Morgan fingerprint density at radius 2 is 1.82 bits per heavy atom. The number of amides is 1. The zero-order valence-corrected chi connectivity index (χ0v) is 18.4. The molecule has 1 N–H and O–H groups in total. The maximum absolute atomic E-state index is 14.1. The number of hydrogen-bond acceptors (Lipinski definition) is 7. The van der Waals surface area contributed by atoms with Crippen molar-refractivity contribution in [3.8, 4) is 0 Å². The second-order valence-corrected chi connectivity index (χ2v) is 9.55. The van der Waals surface area contributed by atoms with Crippen molar-refractivity contribution in [1.29, 1.82) is 0 Å². The number of anilines is 1. The van der Waals surface area contributed by atoms with E-state index in [1.807, 2.05) is 0 Å². The Morgan fingerprint density at radius 1 is 1.12 bits per heavy atom. The van der Waals surface area contributed by atoms with Gasteiger partial charge in [-0.25, -0.2) is 17.8 Å². The van der Waals surface area contributed by atoms with Crippen molar-refractivity contribution < 1.29 is 27.1 Å². The van der Waals surface area contributed by atoms with Crippen LogP contribution in [0.25, 0.3) is 0 Å². The predicted octanol–water partition coefficient (Wildman–Crippen LogP) is 0.118. The Kier molecular flexibility index (Phi) is 6.74. The van der Waals surface area contributed by atoms with Crippen LogP contribution in [0.5, 0.6) is 0 Å². The van der Waals surface area contributed by atoms with E-state index in [0.29, 0.717) is 37.2 Å². The highest BCUT2D eigenvalue weighted by atomic mass is 32.2. The quantitative estimate of drug-likeness (QED) is 0.619. The number of hydrogen-bond donors (Lipinski definition) is 1. The van der Waals surface area contributed by atoms with Gasteiger partial charge in [0.05, 0.1) is 24.3 Å². The van der Waals surface area contributed by atoms with Gasteiger partial charge in [-0.05, 0) is 37.1 Å². The number of halogens is 1. The van der Waals surface area contributed by atoms with Crippen LogP contribution in [0.3, 0.4) is 0 Å². The van der Waals surface area contributed by atoms with E-state index in [-0.39, 0.29) is 23.7 Å². The van der Waals surface area contributed by atoms with Crippen LogP contribution < -0.4 is 16.6 Å². The standard InChI is InChI=1S/C20H23FN4O7S/c21-16-12-24(18-2-1-9-32-18)20(28)25(19(16)27)13-17(26)22-14-3-5-15(6-4-14)33(29,30)23-7-10-31-11-8-23/h3-6,12,18H,1-2,7-11,13H2,(H,22,26)/t18-/m1/s1. The zero-order chi connectivity index (χ0) is 23.6. The first kappa shape index (κ1) is 23.3. The molecule has 178 valence electrons. The van der Waals surface area contributed by atoms with Gasteiger partial charge in [0.25, 0.3) is 5.56 Å². The second-order valence-electron chi connectivity index (χ2n) is 7.61. The van der Waals surface area contributed by atoms with Crippen LogP contribution >= 0.6 is 0 Å². The number of sulfonamides is 1. The summed E-state index contributed by atoms with van der Waals surface area (Å²) in [5, 5.41) is 2.48. The highest BCUT2D eigenvalue weighted by Gasteiger charge is 2.26. The van der Waals surface area contributed by atoms with Gasteiger partial charge in [0.1, 0.15) is 12.8 Å². The molecule has 3 heterocycles. The normalized spacial score (nSPS) is 19.5. The van der Waals surface area contributed by atoms with Gasteiger partial charge in [-0.15, -0.1) is 0 Å². The third-order valence-electron chi connectivity index (χ3n) is 5.42. The summed E-state index contributed by atoms with van der Waals surface area (Å²) < 4.78 is 52.8. The minimum absolute atomic E-state index is 0.0585. The van der Waals surface area contributed by atoms with Crippen LogP contribution in [0.2, 0.25) is 0 Å². The molecule has 2 aromatic rings. The minimum Gasteiger partial charge on any atom is -0.379 e. The van der Waals surface area contributed by atoms with Gasteiger partial charge in [-0.3, -0.25) is 14.2 Å². The van der Waals surface area contributed by atoms with Crippen LogP contribution in [-0.2, 0) is 30.8 Å². The van der Waals surface area contributed by atoms with E-state index in [2.05, 4.69) is 5.32 Å². The first-order valence-corrected chi connectivity index (χ1v) is 11.8. The maximum Gasteiger partial charge on any atom is 0.333 e. The lowest BCUT2D eigenvalue weighted by atomic mass is 10.3. The summed E-state index contributed by atoms with van der Waals surface area (Å²) in [6.07, 6.45) is 1.28. The zero-order valence-electron chi connectivity index (χ0n) is 17.6. The first-order valence-electron chi connectivity index (χ1n) is 10.4. The molecule has 2 saturated heterocycles. The summed E-state index contributed by atoms with van der Waals surface area (Å²) in [6.45, 7) is 0.855. The minimum atomic E-state index is -3.69. The fourth-order valence-corrected chi connectivity index (χ4v) is 5.11. The summed E-state index contributed by atoms with van der Waals surface area (Å²) in [5.41, 5.74) is -1.81. The molecule has 0 spiro atoms. The van der Waals surface area contributed by atoms with Gasteiger partial charge >= 0.3 is 5.69 Å². The fourth-order valence-electron chi connectivity index (χ4n) is 3.70. The molecule has 4 rings (SSSR count). The molecule has 1 amide bonds. The number of nitrogens with zero attached hydrogens (tertiary/aromatic N) is 3. The number of benzene rings is 1. The molecule has 2 fully saturated rings. The summed E-state index contributed by atoms with van der Waals surface area (Å²) in [5.74, 6) is -1.92. The molecule has 0 radical (unpaired) electrons. The van der Waals surface area contributed by atoms with Crippen molar-refractivity contribution >= 4 is 21.6 Å². The lowest BCUT2D eigenvalue weighted by molar-refractivity contribution is -0.116. The molecule has 1 aromatic heterocycles. The van der Waals surface area contributed by atoms with Crippen molar-refractivity contribution in [2.24, 2.45) is 0 Å². The number of aromatic nitrogens is 2. The maximum atomic E-state index is 14.1. The smallest absolute Gasteiger partial charge is 0.333 e. The molecular formula is C20H23FN4O7S.